The second-order valence-electron chi connectivity index (χ2n) is 5.51. The average Bonchev–Trinajstić information content (AvgIpc) is 2.63. The van der Waals surface area contributed by atoms with E-state index in [0.717, 1.165) is 16.9 Å². The molecule has 0 bridgehead atoms. The highest BCUT2D eigenvalue weighted by Crippen LogP contribution is 2.17. The van der Waals surface area contributed by atoms with Gasteiger partial charge in [0.05, 0.1) is 18.9 Å². The molecule has 0 atom stereocenters. The van der Waals surface area contributed by atoms with Crippen LogP contribution in [0.5, 0.6) is 5.75 Å². The van der Waals surface area contributed by atoms with Crippen LogP contribution in [0.4, 0.5) is 4.39 Å². The molecule has 7 heteroatoms. The van der Waals surface area contributed by atoms with Crippen LogP contribution < -0.4 is 15.5 Å². The minimum Gasteiger partial charge on any atom is -0.496 e. The zero-order valence-electron chi connectivity index (χ0n) is 14.6. The molecule has 6 nitrogen and oxygen atoms in total. The van der Waals surface area contributed by atoms with Crippen LogP contribution in [0.25, 0.3) is 0 Å². The molecular formula is C19H20FN3O3. The van der Waals surface area contributed by atoms with Crippen molar-refractivity contribution in [2.24, 2.45) is 5.10 Å². The standard InChI is InChI=1S/C19H20FN3O3/c1-13-7-8-14(11-17(13)26-2)12-22-23-18(24)9-10-21-19(25)15-5-3-4-6-16(15)20/h3-8,11-12H,9-10H2,1-2H3,(H,21,25)(H,23,24). The molecule has 0 aromatic heterocycles. The second kappa shape index (κ2) is 9.31. The summed E-state index contributed by atoms with van der Waals surface area (Å²) in [6.45, 7) is 2.00. The Balaban J connectivity index is 1.77. The number of hydrazone groups is 1. The van der Waals surface area contributed by atoms with Gasteiger partial charge >= 0.3 is 0 Å². The molecule has 0 saturated carbocycles. The molecule has 0 spiro atoms. The summed E-state index contributed by atoms with van der Waals surface area (Å²) in [5.74, 6) is -0.802. The van der Waals surface area contributed by atoms with Gasteiger partial charge in [0, 0.05) is 13.0 Å². The van der Waals surface area contributed by atoms with Gasteiger partial charge in [-0.3, -0.25) is 9.59 Å². The first kappa shape index (κ1) is 19.1. The van der Waals surface area contributed by atoms with Crippen molar-refractivity contribution in [1.29, 1.82) is 0 Å². The fourth-order valence-electron chi connectivity index (χ4n) is 2.18. The highest BCUT2D eigenvalue weighted by atomic mass is 19.1. The maximum Gasteiger partial charge on any atom is 0.254 e. The number of hydrogen-bond acceptors (Lipinski definition) is 4. The lowest BCUT2D eigenvalue weighted by atomic mass is 10.1. The summed E-state index contributed by atoms with van der Waals surface area (Å²) in [6, 6.07) is 11.2. The van der Waals surface area contributed by atoms with E-state index in [9.17, 15) is 14.0 Å². The third-order valence-corrected chi connectivity index (χ3v) is 3.59. The monoisotopic (exact) mass is 357 g/mol. The molecule has 0 aliphatic carbocycles. The lowest BCUT2D eigenvalue weighted by molar-refractivity contribution is -0.120. The molecule has 0 radical (unpaired) electrons. The summed E-state index contributed by atoms with van der Waals surface area (Å²) in [7, 11) is 1.58. The van der Waals surface area contributed by atoms with Crippen LogP contribution in [-0.2, 0) is 4.79 Å². The third-order valence-electron chi connectivity index (χ3n) is 3.59. The van der Waals surface area contributed by atoms with Crippen LogP contribution >= 0.6 is 0 Å². The molecule has 2 rings (SSSR count). The first-order chi connectivity index (χ1) is 12.5. The van der Waals surface area contributed by atoms with E-state index in [1.54, 1.807) is 19.2 Å². The predicted octanol–water partition coefficient (Wildman–Crippen LogP) is 2.41. The summed E-state index contributed by atoms with van der Waals surface area (Å²) in [5, 5.41) is 6.36. The van der Waals surface area contributed by atoms with Crippen molar-refractivity contribution < 1.29 is 18.7 Å². The van der Waals surface area contributed by atoms with Gasteiger partial charge in [-0.2, -0.15) is 5.10 Å². The lowest BCUT2D eigenvalue weighted by Gasteiger charge is -2.06. The van der Waals surface area contributed by atoms with Crippen molar-refractivity contribution >= 4 is 18.0 Å². The summed E-state index contributed by atoms with van der Waals surface area (Å²) in [6.07, 6.45) is 1.52. The normalized spacial score (nSPS) is 10.6. The number of amides is 2. The number of aryl methyl sites for hydroxylation is 1. The van der Waals surface area contributed by atoms with Crippen molar-refractivity contribution in [3.63, 3.8) is 0 Å². The summed E-state index contributed by atoms with van der Waals surface area (Å²) < 4.78 is 18.7. The van der Waals surface area contributed by atoms with Crippen molar-refractivity contribution in [3.05, 3.63) is 65.0 Å². The number of methoxy groups -OCH3 is 1. The van der Waals surface area contributed by atoms with Gasteiger partial charge < -0.3 is 10.1 Å². The van der Waals surface area contributed by atoms with E-state index in [-0.39, 0.29) is 24.4 Å². The minimum absolute atomic E-state index is 0.0226. The Morgan fingerprint density at radius 2 is 2.00 bits per heavy atom. The second-order valence-corrected chi connectivity index (χ2v) is 5.51. The maximum atomic E-state index is 13.5. The van der Waals surface area contributed by atoms with Crippen LogP contribution in [0, 0.1) is 12.7 Å². The molecule has 0 aliphatic rings. The molecule has 2 aromatic carbocycles. The van der Waals surface area contributed by atoms with Crippen LogP contribution in [0.3, 0.4) is 0 Å². The average molecular weight is 357 g/mol. The molecule has 0 unspecified atom stereocenters. The Kier molecular flexibility index (Phi) is 6.84. The Morgan fingerprint density at radius 1 is 1.23 bits per heavy atom. The Hall–Kier alpha value is -3.22. The number of rotatable bonds is 7. The number of benzene rings is 2. The van der Waals surface area contributed by atoms with Crippen molar-refractivity contribution in [1.82, 2.24) is 10.7 Å². The highest BCUT2D eigenvalue weighted by molar-refractivity contribution is 5.94. The summed E-state index contributed by atoms with van der Waals surface area (Å²) in [5.41, 5.74) is 4.09. The van der Waals surface area contributed by atoms with Gasteiger partial charge in [0.15, 0.2) is 0 Å². The molecule has 136 valence electrons. The fourth-order valence-corrected chi connectivity index (χ4v) is 2.18. The van der Waals surface area contributed by atoms with Gasteiger partial charge in [0.1, 0.15) is 11.6 Å². The predicted molar refractivity (Wildman–Crippen MR) is 96.8 cm³/mol. The van der Waals surface area contributed by atoms with E-state index < -0.39 is 11.7 Å². The molecule has 0 heterocycles. The van der Waals surface area contributed by atoms with E-state index in [1.165, 1.54) is 24.4 Å². The highest BCUT2D eigenvalue weighted by Gasteiger charge is 2.10. The largest absolute Gasteiger partial charge is 0.496 e. The van der Waals surface area contributed by atoms with E-state index in [2.05, 4.69) is 15.8 Å². The minimum atomic E-state index is -0.604. The molecule has 0 fully saturated rings. The number of carbonyl (C=O) groups excluding carboxylic acids is 2. The van der Waals surface area contributed by atoms with Gasteiger partial charge in [-0.1, -0.05) is 24.3 Å². The van der Waals surface area contributed by atoms with Gasteiger partial charge in [-0.25, -0.2) is 9.82 Å². The number of hydrogen-bond donors (Lipinski definition) is 2. The number of halogens is 1. The number of nitrogens with one attached hydrogen (secondary N) is 2. The van der Waals surface area contributed by atoms with E-state index >= 15 is 0 Å². The Labute approximate surface area is 151 Å². The topological polar surface area (TPSA) is 79.8 Å². The van der Waals surface area contributed by atoms with Crippen LogP contribution in [0.15, 0.2) is 47.6 Å². The fraction of sp³-hybridized carbons (Fsp3) is 0.211. The number of carbonyl (C=O) groups is 2. The lowest BCUT2D eigenvalue weighted by Crippen LogP contribution is -2.29. The first-order valence-electron chi connectivity index (χ1n) is 8.00. The van der Waals surface area contributed by atoms with E-state index in [1.807, 2.05) is 19.1 Å². The van der Waals surface area contributed by atoms with Crippen molar-refractivity contribution in [2.45, 2.75) is 13.3 Å². The molecular weight excluding hydrogens is 337 g/mol. The molecule has 2 amide bonds. The maximum absolute atomic E-state index is 13.5. The summed E-state index contributed by atoms with van der Waals surface area (Å²) in [4.78, 5) is 23.5. The van der Waals surface area contributed by atoms with Gasteiger partial charge in [0.25, 0.3) is 5.91 Å². The number of nitrogens with zero attached hydrogens (tertiary/aromatic N) is 1. The zero-order chi connectivity index (χ0) is 18.9. The van der Waals surface area contributed by atoms with Gasteiger partial charge in [0.2, 0.25) is 5.91 Å². The molecule has 2 aromatic rings. The Bertz CT molecular complexity index is 821. The van der Waals surface area contributed by atoms with Crippen molar-refractivity contribution in [2.75, 3.05) is 13.7 Å². The van der Waals surface area contributed by atoms with E-state index in [0.29, 0.717) is 0 Å². The number of ether oxygens (including phenoxy) is 1. The first-order valence-corrected chi connectivity index (χ1v) is 8.00. The quantitative estimate of drug-likeness (QED) is 0.590. The van der Waals surface area contributed by atoms with Crippen molar-refractivity contribution in [3.8, 4) is 5.75 Å². The van der Waals surface area contributed by atoms with E-state index in [4.69, 9.17) is 4.74 Å². The van der Waals surface area contributed by atoms with Crippen LogP contribution in [0.1, 0.15) is 27.9 Å². The van der Waals surface area contributed by atoms with Gasteiger partial charge in [-0.05, 0) is 36.2 Å². The summed E-state index contributed by atoms with van der Waals surface area (Å²) >= 11 is 0. The molecule has 26 heavy (non-hydrogen) atoms. The van der Waals surface area contributed by atoms with Gasteiger partial charge in [-0.15, -0.1) is 0 Å². The third kappa shape index (κ3) is 5.41. The van der Waals surface area contributed by atoms with Crippen LogP contribution in [0.2, 0.25) is 0 Å². The van der Waals surface area contributed by atoms with Crippen LogP contribution in [-0.4, -0.2) is 31.7 Å². The molecule has 2 N–H and O–H groups in total. The Morgan fingerprint density at radius 3 is 2.73 bits per heavy atom. The zero-order valence-corrected chi connectivity index (χ0v) is 14.6. The smallest absolute Gasteiger partial charge is 0.254 e. The molecule has 0 aliphatic heterocycles. The molecule has 0 saturated heterocycles. The SMILES string of the molecule is COc1cc(C=NNC(=O)CCNC(=O)c2ccccc2F)ccc1C.